The highest BCUT2D eigenvalue weighted by Crippen LogP contribution is 2.31. The van der Waals surface area contributed by atoms with E-state index in [0.29, 0.717) is 10.4 Å². The topological polar surface area (TPSA) is 59.3 Å². The van der Waals surface area contributed by atoms with Crippen LogP contribution >= 0.6 is 11.3 Å². The van der Waals surface area contributed by atoms with Gasteiger partial charge in [0.15, 0.2) is 0 Å². The lowest BCUT2D eigenvalue weighted by molar-refractivity contribution is 0.0701. The molecule has 0 amide bonds. The molecule has 0 aliphatic carbocycles. The maximum absolute atomic E-state index is 11.8. The largest absolute Gasteiger partial charge is 0.477 e. The van der Waals surface area contributed by atoms with Gasteiger partial charge in [-0.3, -0.25) is 4.79 Å². The zero-order valence-corrected chi connectivity index (χ0v) is 11.3. The number of aromatic nitrogens is 1. The Balaban J connectivity index is 2.19. The van der Waals surface area contributed by atoms with Crippen LogP contribution in [0.1, 0.15) is 15.2 Å². The Morgan fingerprint density at radius 3 is 2.65 bits per heavy atom. The van der Waals surface area contributed by atoms with Crippen LogP contribution in [0.4, 0.5) is 0 Å². The van der Waals surface area contributed by atoms with Crippen molar-refractivity contribution in [2.24, 2.45) is 0 Å². The van der Waals surface area contributed by atoms with E-state index < -0.39 is 5.97 Å². The summed E-state index contributed by atoms with van der Waals surface area (Å²) in [5, 5.41) is 10.2. The van der Waals surface area contributed by atoms with Gasteiger partial charge in [0.1, 0.15) is 4.88 Å². The van der Waals surface area contributed by atoms with Gasteiger partial charge in [-0.15, -0.1) is 11.3 Å². The van der Waals surface area contributed by atoms with E-state index in [0.717, 1.165) is 10.1 Å². The molecule has 20 heavy (non-hydrogen) atoms. The predicted molar refractivity (Wildman–Crippen MR) is 78.6 cm³/mol. The summed E-state index contributed by atoms with van der Waals surface area (Å²) in [6.07, 6.45) is 1.67. The number of benzene rings is 1. The fourth-order valence-electron chi connectivity index (χ4n) is 2.19. The molecule has 0 atom stereocenters. The minimum atomic E-state index is -0.954. The van der Waals surface area contributed by atoms with E-state index >= 15 is 0 Å². The molecule has 2 aromatic heterocycles. The Morgan fingerprint density at radius 2 is 1.90 bits per heavy atom. The van der Waals surface area contributed by atoms with Gasteiger partial charge in [-0.25, -0.2) is 4.79 Å². The number of pyridine rings is 1. The third kappa shape index (κ3) is 2.12. The van der Waals surface area contributed by atoms with E-state index in [-0.39, 0.29) is 12.1 Å². The highest BCUT2D eigenvalue weighted by molar-refractivity contribution is 7.21. The van der Waals surface area contributed by atoms with E-state index in [1.165, 1.54) is 22.0 Å². The lowest BCUT2D eigenvalue weighted by Gasteiger charge is -2.05. The lowest BCUT2D eigenvalue weighted by Crippen LogP contribution is -2.19. The maximum atomic E-state index is 11.8. The van der Waals surface area contributed by atoms with Crippen LogP contribution in [0.15, 0.2) is 53.5 Å². The number of carbonyl (C=O) groups is 1. The number of nitrogens with zero attached hydrogens (tertiary/aromatic N) is 1. The summed E-state index contributed by atoms with van der Waals surface area (Å²) in [5.74, 6) is -0.954. The lowest BCUT2D eigenvalue weighted by atomic mass is 10.1. The monoisotopic (exact) mass is 285 g/mol. The fourth-order valence-corrected chi connectivity index (χ4v) is 3.24. The molecule has 0 radical (unpaired) electrons. The molecule has 0 aliphatic rings. The minimum Gasteiger partial charge on any atom is -0.477 e. The van der Waals surface area contributed by atoms with Crippen molar-refractivity contribution in [3.05, 3.63) is 69.5 Å². The smallest absolute Gasteiger partial charge is 0.346 e. The molecule has 1 aromatic carbocycles. The molecular formula is C15H11NO3S. The zero-order valence-electron chi connectivity index (χ0n) is 10.4. The van der Waals surface area contributed by atoms with Gasteiger partial charge in [-0.1, -0.05) is 24.3 Å². The molecule has 0 saturated heterocycles. The number of hydrogen-bond donors (Lipinski definition) is 1. The molecule has 3 rings (SSSR count). The van der Waals surface area contributed by atoms with Gasteiger partial charge >= 0.3 is 5.97 Å². The van der Waals surface area contributed by atoms with Crippen LogP contribution in [0.25, 0.3) is 10.1 Å². The highest BCUT2D eigenvalue weighted by atomic mass is 32.1. The Hall–Kier alpha value is -2.40. The number of rotatable bonds is 3. The van der Waals surface area contributed by atoms with Crippen molar-refractivity contribution in [2.75, 3.05) is 0 Å². The SMILES string of the molecule is O=C(O)c1sc2ccccc2c1Cn1ccccc1=O. The molecule has 5 heteroatoms. The van der Waals surface area contributed by atoms with Crippen molar-refractivity contribution in [3.63, 3.8) is 0 Å². The van der Waals surface area contributed by atoms with E-state index in [1.54, 1.807) is 18.3 Å². The summed E-state index contributed by atoms with van der Waals surface area (Å²) in [6.45, 7) is 0.269. The highest BCUT2D eigenvalue weighted by Gasteiger charge is 2.17. The molecular weight excluding hydrogens is 274 g/mol. The van der Waals surface area contributed by atoms with Crippen molar-refractivity contribution >= 4 is 27.4 Å². The third-order valence-corrected chi connectivity index (χ3v) is 4.32. The van der Waals surface area contributed by atoms with Crippen molar-refractivity contribution in [1.82, 2.24) is 4.57 Å². The van der Waals surface area contributed by atoms with Crippen molar-refractivity contribution in [2.45, 2.75) is 6.54 Å². The molecule has 0 aliphatic heterocycles. The second kappa shape index (κ2) is 4.94. The van der Waals surface area contributed by atoms with Gasteiger partial charge in [0.2, 0.25) is 0 Å². The third-order valence-electron chi connectivity index (χ3n) is 3.12. The second-order valence-electron chi connectivity index (χ2n) is 4.38. The summed E-state index contributed by atoms with van der Waals surface area (Å²) < 4.78 is 2.44. The fraction of sp³-hybridized carbons (Fsp3) is 0.0667. The summed E-state index contributed by atoms with van der Waals surface area (Å²) in [6, 6.07) is 12.4. The molecule has 1 N–H and O–H groups in total. The Labute approximate surface area is 118 Å². The van der Waals surface area contributed by atoms with Crippen molar-refractivity contribution in [1.29, 1.82) is 0 Å². The molecule has 2 heterocycles. The first-order chi connectivity index (χ1) is 9.66. The summed E-state index contributed by atoms with van der Waals surface area (Å²) in [5.41, 5.74) is 0.547. The summed E-state index contributed by atoms with van der Waals surface area (Å²) in [7, 11) is 0. The Morgan fingerprint density at radius 1 is 1.15 bits per heavy atom. The zero-order chi connectivity index (χ0) is 14.1. The molecule has 3 aromatic rings. The summed E-state index contributed by atoms with van der Waals surface area (Å²) in [4.78, 5) is 23.5. The Kier molecular flexibility index (Phi) is 3.12. The molecule has 0 fully saturated rings. The first kappa shape index (κ1) is 12.6. The predicted octanol–water partition coefficient (Wildman–Crippen LogP) is 2.81. The number of fused-ring (bicyclic) bond motifs is 1. The van der Waals surface area contributed by atoms with Crippen LogP contribution in [0.5, 0.6) is 0 Å². The average molecular weight is 285 g/mol. The van der Waals surface area contributed by atoms with Gasteiger partial charge in [0, 0.05) is 22.5 Å². The van der Waals surface area contributed by atoms with E-state index in [4.69, 9.17) is 0 Å². The normalized spacial score (nSPS) is 10.8. The molecule has 0 unspecified atom stereocenters. The van der Waals surface area contributed by atoms with Crippen molar-refractivity contribution < 1.29 is 9.90 Å². The van der Waals surface area contributed by atoms with Crippen LogP contribution in [0.2, 0.25) is 0 Å². The van der Waals surface area contributed by atoms with Gasteiger partial charge in [0.05, 0.1) is 6.54 Å². The molecule has 0 saturated carbocycles. The second-order valence-corrected chi connectivity index (χ2v) is 5.43. The number of carboxylic acid groups (broad SMARTS) is 1. The average Bonchev–Trinajstić information content (AvgIpc) is 2.81. The van der Waals surface area contributed by atoms with Crippen LogP contribution in [-0.2, 0) is 6.54 Å². The number of carboxylic acids is 1. The summed E-state index contributed by atoms with van der Waals surface area (Å²) >= 11 is 1.24. The van der Waals surface area contributed by atoms with Gasteiger partial charge in [0.25, 0.3) is 5.56 Å². The van der Waals surface area contributed by atoms with Crippen LogP contribution < -0.4 is 5.56 Å². The quantitative estimate of drug-likeness (QED) is 0.805. The molecule has 100 valence electrons. The van der Waals surface area contributed by atoms with E-state index in [9.17, 15) is 14.7 Å². The van der Waals surface area contributed by atoms with Gasteiger partial charge < -0.3 is 9.67 Å². The molecule has 0 spiro atoms. The number of thiophene rings is 1. The standard InChI is InChI=1S/C15H11NO3S/c17-13-7-3-4-8-16(13)9-11-10-5-1-2-6-12(10)20-14(11)15(18)19/h1-8H,9H2,(H,18,19). The van der Waals surface area contributed by atoms with Crippen LogP contribution in [-0.4, -0.2) is 15.6 Å². The number of aromatic carboxylic acids is 1. The maximum Gasteiger partial charge on any atom is 0.346 e. The van der Waals surface area contributed by atoms with Crippen molar-refractivity contribution in [3.8, 4) is 0 Å². The van der Waals surface area contributed by atoms with E-state index in [2.05, 4.69) is 0 Å². The molecule has 4 nitrogen and oxygen atoms in total. The van der Waals surface area contributed by atoms with Gasteiger partial charge in [-0.2, -0.15) is 0 Å². The minimum absolute atomic E-state index is 0.140. The van der Waals surface area contributed by atoms with Gasteiger partial charge in [-0.05, 0) is 17.5 Å². The first-order valence-electron chi connectivity index (χ1n) is 6.06. The van der Waals surface area contributed by atoms with E-state index in [1.807, 2.05) is 24.3 Å². The van der Waals surface area contributed by atoms with Crippen LogP contribution in [0.3, 0.4) is 0 Å². The number of hydrogen-bond acceptors (Lipinski definition) is 3. The first-order valence-corrected chi connectivity index (χ1v) is 6.87. The Bertz CT molecular complexity index is 847. The molecule has 0 bridgehead atoms. The van der Waals surface area contributed by atoms with Crippen LogP contribution in [0, 0.1) is 0 Å².